The lowest BCUT2D eigenvalue weighted by Crippen LogP contribution is -2.06. The number of carbonyl (C=O) groups is 1. The predicted octanol–water partition coefficient (Wildman–Crippen LogP) is 3.85. The van der Waals surface area contributed by atoms with Gasteiger partial charge in [0.1, 0.15) is 0 Å². The standard InChI is InChI=1S/C18H16FN3O3S/c1-3-8-22-17(16-5-4-9-25-16)20-21-18(22)26-11-14(23)12-6-7-15(24-2)13(19)10-12/h3-7,9-10H,1,8,11H2,2H3. The predicted molar refractivity (Wildman–Crippen MR) is 95.9 cm³/mol. The molecule has 134 valence electrons. The van der Waals surface area contributed by atoms with Gasteiger partial charge in [0.25, 0.3) is 0 Å². The maximum absolute atomic E-state index is 13.8. The van der Waals surface area contributed by atoms with Crippen LogP contribution in [0.25, 0.3) is 11.6 Å². The molecular weight excluding hydrogens is 357 g/mol. The molecule has 0 radical (unpaired) electrons. The van der Waals surface area contributed by atoms with Gasteiger partial charge < -0.3 is 9.15 Å². The Bertz CT molecular complexity index is 922. The van der Waals surface area contributed by atoms with E-state index in [2.05, 4.69) is 16.8 Å². The molecule has 0 aliphatic rings. The summed E-state index contributed by atoms with van der Waals surface area (Å²) in [6.45, 7) is 4.20. The summed E-state index contributed by atoms with van der Waals surface area (Å²) in [7, 11) is 1.37. The molecule has 0 bridgehead atoms. The van der Waals surface area contributed by atoms with Gasteiger partial charge in [-0.25, -0.2) is 4.39 Å². The summed E-state index contributed by atoms with van der Waals surface area (Å²) in [5.41, 5.74) is 0.275. The first-order valence-electron chi connectivity index (χ1n) is 7.71. The first-order chi connectivity index (χ1) is 12.6. The molecule has 2 heterocycles. The van der Waals surface area contributed by atoms with Crippen LogP contribution in [0.2, 0.25) is 0 Å². The van der Waals surface area contributed by atoms with Crippen LogP contribution in [-0.4, -0.2) is 33.4 Å². The van der Waals surface area contributed by atoms with Gasteiger partial charge in [0.2, 0.25) is 5.82 Å². The zero-order valence-electron chi connectivity index (χ0n) is 14.0. The number of aromatic nitrogens is 3. The van der Waals surface area contributed by atoms with Crippen molar-refractivity contribution in [3.05, 3.63) is 60.6 Å². The molecule has 0 unspecified atom stereocenters. The minimum Gasteiger partial charge on any atom is -0.494 e. The van der Waals surface area contributed by atoms with E-state index in [0.29, 0.717) is 23.3 Å². The SMILES string of the molecule is C=CCn1c(SCC(=O)c2ccc(OC)c(F)c2)nnc1-c1ccco1. The second kappa shape index (κ2) is 8.01. The van der Waals surface area contributed by atoms with Crippen LogP contribution in [0, 0.1) is 5.82 Å². The van der Waals surface area contributed by atoms with Crippen molar-refractivity contribution in [2.75, 3.05) is 12.9 Å². The maximum Gasteiger partial charge on any atom is 0.200 e. The van der Waals surface area contributed by atoms with Gasteiger partial charge in [-0.05, 0) is 30.3 Å². The van der Waals surface area contributed by atoms with E-state index in [1.807, 2.05) is 0 Å². The smallest absolute Gasteiger partial charge is 0.200 e. The zero-order chi connectivity index (χ0) is 18.5. The van der Waals surface area contributed by atoms with Crippen LogP contribution in [0.3, 0.4) is 0 Å². The highest BCUT2D eigenvalue weighted by molar-refractivity contribution is 7.99. The third kappa shape index (κ3) is 3.70. The number of hydrogen-bond acceptors (Lipinski definition) is 6. The van der Waals surface area contributed by atoms with E-state index in [4.69, 9.17) is 9.15 Å². The van der Waals surface area contributed by atoms with Gasteiger partial charge in [0, 0.05) is 12.1 Å². The second-order valence-corrected chi connectivity index (χ2v) is 6.19. The number of methoxy groups -OCH3 is 1. The number of rotatable bonds is 8. The summed E-state index contributed by atoms with van der Waals surface area (Å²) in [6.07, 6.45) is 3.26. The van der Waals surface area contributed by atoms with Crippen LogP contribution in [0.1, 0.15) is 10.4 Å². The summed E-state index contributed by atoms with van der Waals surface area (Å²) in [5.74, 6) is 0.541. The minimum atomic E-state index is -0.571. The molecule has 3 rings (SSSR count). The number of ether oxygens (including phenoxy) is 1. The van der Waals surface area contributed by atoms with Crippen molar-refractivity contribution < 1.29 is 18.3 Å². The first-order valence-corrected chi connectivity index (χ1v) is 8.70. The van der Waals surface area contributed by atoms with Gasteiger partial charge in [-0.2, -0.15) is 0 Å². The Labute approximate surface area is 153 Å². The fourth-order valence-electron chi connectivity index (χ4n) is 2.33. The van der Waals surface area contributed by atoms with Gasteiger partial charge in [0.15, 0.2) is 28.3 Å². The first kappa shape index (κ1) is 17.9. The van der Waals surface area contributed by atoms with Crippen LogP contribution in [0.5, 0.6) is 5.75 Å². The molecular formula is C18H16FN3O3S. The number of ketones is 1. The normalized spacial score (nSPS) is 10.7. The number of nitrogens with zero attached hydrogens (tertiary/aromatic N) is 3. The van der Waals surface area contributed by atoms with Crippen molar-refractivity contribution in [1.82, 2.24) is 14.8 Å². The van der Waals surface area contributed by atoms with E-state index >= 15 is 0 Å². The molecule has 0 saturated carbocycles. The lowest BCUT2D eigenvalue weighted by Gasteiger charge is -2.07. The average molecular weight is 373 g/mol. The van der Waals surface area contributed by atoms with E-state index in [0.717, 1.165) is 0 Å². The third-order valence-corrected chi connectivity index (χ3v) is 4.54. The lowest BCUT2D eigenvalue weighted by atomic mass is 10.1. The van der Waals surface area contributed by atoms with E-state index in [9.17, 15) is 9.18 Å². The van der Waals surface area contributed by atoms with Crippen LogP contribution in [-0.2, 0) is 6.54 Å². The second-order valence-electron chi connectivity index (χ2n) is 5.24. The van der Waals surface area contributed by atoms with Crippen molar-refractivity contribution in [2.24, 2.45) is 0 Å². The Morgan fingerprint density at radius 2 is 2.27 bits per heavy atom. The number of allylic oxidation sites excluding steroid dienone is 1. The van der Waals surface area contributed by atoms with E-state index in [1.165, 1.54) is 37.1 Å². The molecule has 0 atom stereocenters. The van der Waals surface area contributed by atoms with Gasteiger partial charge in [-0.1, -0.05) is 17.8 Å². The molecule has 26 heavy (non-hydrogen) atoms. The molecule has 0 amide bonds. The molecule has 0 aliphatic carbocycles. The molecule has 0 fully saturated rings. The number of furan rings is 1. The van der Waals surface area contributed by atoms with E-state index in [1.54, 1.807) is 29.0 Å². The topological polar surface area (TPSA) is 70.2 Å². The number of hydrogen-bond donors (Lipinski definition) is 0. The molecule has 0 aliphatic heterocycles. The molecule has 3 aromatic rings. The van der Waals surface area contributed by atoms with Crippen molar-refractivity contribution in [3.8, 4) is 17.3 Å². The van der Waals surface area contributed by atoms with Gasteiger partial charge in [-0.3, -0.25) is 9.36 Å². The molecule has 2 aromatic heterocycles. The Morgan fingerprint density at radius 1 is 1.42 bits per heavy atom. The number of halogens is 1. The van der Waals surface area contributed by atoms with Crippen LogP contribution in [0.4, 0.5) is 4.39 Å². The third-order valence-electron chi connectivity index (χ3n) is 3.58. The highest BCUT2D eigenvalue weighted by Gasteiger charge is 2.17. The van der Waals surface area contributed by atoms with E-state index in [-0.39, 0.29) is 22.8 Å². The van der Waals surface area contributed by atoms with Gasteiger partial charge in [-0.15, -0.1) is 16.8 Å². The van der Waals surface area contributed by atoms with E-state index < -0.39 is 5.82 Å². The van der Waals surface area contributed by atoms with Crippen molar-refractivity contribution in [3.63, 3.8) is 0 Å². The number of thioether (sulfide) groups is 1. The average Bonchev–Trinajstić information content (AvgIpc) is 3.29. The quantitative estimate of drug-likeness (QED) is 0.339. The van der Waals surface area contributed by atoms with Crippen LogP contribution in [0.15, 0.2) is 58.8 Å². The Morgan fingerprint density at radius 3 is 2.92 bits per heavy atom. The van der Waals surface area contributed by atoms with Crippen molar-refractivity contribution in [1.29, 1.82) is 0 Å². The molecule has 6 nitrogen and oxygen atoms in total. The Balaban J connectivity index is 1.76. The van der Waals surface area contributed by atoms with Crippen LogP contribution < -0.4 is 4.74 Å². The maximum atomic E-state index is 13.8. The van der Waals surface area contributed by atoms with Gasteiger partial charge in [0.05, 0.1) is 19.1 Å². The molecule has 0 spiro atoms. The fourth-order valence-corrected chi connectivity index (χ4v) is 3.17. The number of benzene rings is 1. The molecule has 1 aromatic carbocycles. The Hall–Kier alpha value is -2.87. The summed E-state index contributed by atoms with van der Waals surface area (Å²) in [6, 6.07) is 7.68. The summed E-state index contributed by atoms with van der Waals surface area (Å²) < 4.78 is 25.8. The molecule has 8 heteroatoms. The van der Waals surface area contributed by atoms with Crippen molar-refractivity contribution in [2.45, 2.75) is 11.7 Å². The zero-order valence-corrected chi connectivity index (χ0v) is 14.8. The minimum absolute atomic E-state index is 0.0964. The van der Waals surface area contributed by atoms with Crippen LogP contribution >= 0.6 is 11.8 Å². The number of Topliss-reactive ketones (excluding diaryl/α,β-unsaturated/α-hetero) is 1. The highest BCUT2D eigenvalue weighted by Crippen LogP contribution is 2.25. The summed E-state index contributed by atoms with van der Waals surface area (Å²) in [5, 5.41) is 8.80. The summed E-state index contributed by atoms with van der Waals surface area (Å²) in [4.78, 5) is 12.4. The molecule has 0 saturated heterocycles. The Kier molecular flexibility index (Phi) is 5.52. The lowest BCUT2D eigenvalue weighted by molar-refractivity contribution is 0.102. The highest BCUT2D eigenvalue weighted by atomic mass is 32.2. The van der Waals surface area contributed by atoms with Crippen molar-refractivity contribution >= 4 is 17.5 Å². The largest absolute Gasteiger partial charge is 0.494 e. The van der Waals surface area contributed by atoms with Gasteiger partial charge >= 0.3 is 0 Å². The summed E-state index contributed by atoms with van der Waals surface area (Å²) >= 11 is 1.22. The monoisotopic (exact) mass is 373 g/mol. The molecule has 0 N–H and O–H groups in total. The number of carbonyl (C=O) groups excluding carboxylic acids is 1. The fraction of sp³-hybridized carbons (Fsp3) is 0.167.